The Morgan fingerprint density at radius 1 is 1.11 bits per heavy atom. The van der Waals surface area contributed by atoms with Gasteiger partial charge in [0.05, 0.1) is 11.9 Å². The third-order valence-electron chi connectivity index (χ3n) is 3.74. The van der Waals surface area contributed by atoms with Crippen molar-refractivity contribution in [2.24, 2.45) is 0 Å². The van der Waals surface area contributed by atoms with Crippen LogP contribution in [-0.2, 0) is 10.0 Å². The smallest absolute Gasteiger partial charge is 0.263 e. The summed E-state index contributed by atoms with van der Waals surface area (Å²) in [7, 11) is -3.79. The Balaban J connectivity index is 1.81. The summed E-state index contributed by atoms with van der Waals surface area (Å²) in [5, 5.41) is 6.25. The van der Waals surface area contributed by atoms with Crippen LogP contribution in [0, 0.1) is 13.8 Å². The second-order valence-corrected chi connectivity index (χ2v) is 8.38. The predicted octanol–water partition coefficient (Wildman–Crippen LogP) is 4.11. The molecule has 3 rings (SSSR count). The zero-order valence-electron chi connectivity index (χ0n) is 14.5. The molecule has 0 aliphatic heterocycles. The van der Waals surface area contributed by atoms with Crippen molar-refractivity contribution < 1.29 is 17.7 Å². The molecule has 0 bridgehead atoms. The van der Waals surface area contributed by atoms with Crippen LogP contribution in [-0.4, -0.2) is 19.5 Å². The molecule has 140 valence electrons. The lowest BCUT2D eigenvalue weighted by Crippen LogP contribution is -2.15. The Kier molecular flexibility index (Phi) is 5.33. The fourth-order valence-electron chi connectivity index (χ4n) is 2.41. The van der Waals surface area contributed by atoms with Crippen LogP contribution >= 0.6 is 15.9 Å². The molecule has 2 aromatic carbocycles. The number of amides is 1. The summed E-state index contributed by atoms with van der Waals surface area (Å²) in [6, 6.07) is 11.4. The van der Waals surface area contributed by atoms with Crippen molar-refractivity contribution in [2.45, 2.75) is 18.7 Å². The van der Waals surface area contributed by atoms with Crippen LogP contribution in [0.15, 0.2) is 62.6 Å². The minimum atomic E-state index is -3.79. The van der Waals surface area contributed by atoms with E-state index in [0.717, 1.165) is 5.56 Å². The number of rotatable bonds is 5. The van der Waals surface area contributed by atoms with Gasteiger partial charge in [0.2, 0.25) is 0 Å². The Labute approximate surface area is 164 Å². The summed E-state index contributed by atoms with van der Waals surface area (Å²) in [6.07, 6.45) is 1.33. The van der Waals surface area contributed by atoms with Gasteiger partial charge in [-0.25, -0.2) is 8.42 Å². The number of aromatic nitrogens is 1. The maximum atomic E-state index is 12.6. The Bertz CT molecular complexity index is 1110. The molecule has 9 heteroatoms. The molecular formula is C18H16BrN3O4S. The molecule has 1 aromatic heterocycles. The van der Waals surface area contributed by atoms with Gasteiger partial charge in [0.25, 0.3) is 15.9 Å². The van der Waals surface area contributed by atoms with Crippen molar-refractivity contribution >= 4 is 43.2 Å². The van der Waals surface area contributed by atoms with Crippen LogP contribution in [0.2, 0.25) is 0 Å². The van der Waals surface area contributed by atoms with E-state index in [1.165, 1.54) is 18.3 Å². The zero-order valence-corrected chi connectivity index (χ0v) is 16.9. The quantitative estimate of drug-likeness (QED) is 0.610. The lowest BCUT2D eigenvalue weighted by atomic mass is 10.2. The van der Waals surface area contributed by atoms with Crippen molar-refractivity contribution in [3.63, 3.8) is 0 Å². The molecule has 27 heavy (non-hydrogen) atoms. The van der Waals surface area contributed by atoms with Crippen molar-refractivity contribution in [1.82, 2.24) is 5.16 Å². The van der Waals surface area contributed by atoms with Crippen LogP contribution in [0.1, 0.15) is 21.7 Å². The summed E-state index contributed by atoms with van der Waals surface area (Å²) < 4.78 is 33.2. The molecule has 0 fully saturated rings. The van der Waals surface area contributed by atoms with Gasteiger partial charge in [0, 0.05) is 10.2 Å². The molecule has 2 N–H and O–H groups in total. The third kappa shape index (κ3) is 4.37. The summed E-state index contributed by atoms with van der Waals surface area (Å²) >= 11 is 3.28. The molecular weight excluding hydrogens is 434 g/mol. The van der Waals surface area contributed by atoms with E-state index >= 15 is 0 Å². The largest absolute Gasteiger partial charge is 0.361 e. The topological polar surface area (TPSA) is 101 Å². The van der Waals surface area contributed by atoms with E-state index in [-0.39, 0.29) is 4.90 Å². The number of aryl methyl sites for hydroxylation is 2. The van der Waals surface area contributed by atoms with Gasteiger partial charge in [-0.05, 0) is 65.7 Å². The lowest BCUT2D eigenvalue weighted by Gasteiger charge is -2.11. The van der Waals surface area contributed by atoms with E-state index in [9.17, 15) is 13.2 Å². The molecule has 3 aromatic rings. The molecule has 0 spiro atoms. The number of carbonyl (C=O) groups is 1. The van der Waals surface area contributed by atoms with Crippen molar-refractivity contribution in [3.05, 3.63) is 70.0 Å². The standard InChI is InChI=1S/C18H16BrN3O4S/c1-11-6-7-17(16(19)8-11)27(24,25)22-14-5-3-4-13(9-14)21-18(23)15-10-20-26-12(15)2/h3-10,22H,1-2H3,(H,21,23). The summed E-state index contributed by atoms with van der Waals surface area (Å²) in [5.41, 5.74) is 2.00. The van der Waals surface area contributed by atoms with Crippen LogP contribution < -0.4 is 10.0 Å². The van der Waals surface area contributed by atoms with E-state index in [1.54, 1.807) is 37.3 Å². The van der Waals surface area contributed by atoms with E-state index in [0.29, 0.717) is 27.2 Å². The molecule has 0 radical (unpaired) electrons. The first-order valence-corrected chi connectivity index (χ1v) is 10.2. The van der Waals surface area contributed by atoms with Gasteiger partial charge in [0.15, 0.2) is 0 Å². The van der Waals surface area contributed by atoms with Gasteiger partial charge < -0.3 is 9.84 Å². The van der Waals surface area contributed by atoms with Crippen LogP contribution in [0.3, 0.4) is 0 Å². The first kappa shape index (κ1) is 19.1. The molecule has 0 aliphatic rings. The second-order valence-electron chi connectivity index (χ2n) is 5.87. The fraction of sp³-hybridized carbons (Fsp3) is 0.111. The SMILES string of the molecule is Cc1ccc(S(=O)(=O)Nc2cccc(NC(=O)c3cnoc3C)c2)c(Br)c1. The predicted molar refractivity (Wildman–Crippen MR) is 105 cm³/mol. The van der Waals surface area contributed by atoms with Crippen molar-refractivity contribution in [1.29, 1.82) is 0 Å². The number of carbonyl (C=O) groups excluding carboxylic acids is 1. The molecule has 7 nitrogen and oxygen atoms in total. The highest BCUT2D eigenvalue weighted by Crippen LogP contribution is 2.26. The summed E-state index contributed by atoms with van der Waals surface area (Å²) in [6.45, 7) is 3.50. The average Bonchev–Trinajstić information content (AvgIpc) is 3.00. The van der Waals surface area contributed by atoms with Crippen molar-refractivity contribution in [2.75, 3.05) is 10.0 Å². The lowest BCUT2D eigenvalue weighted by molar-refractivity contribution is 0.102. The average molecular weight is 450 g/mol. The number of nitrogens with one attached hydrogen (secondary N) is 2. The zero-order chi connectivity index (χ0) is 19.6. The molecule has 1 heterocycles. The summed E-state index contributed by atoms with van der Waals surface area (Å²) in [4.78, 5) is 12.4. The number of benzene rings is 2. The molecule has 0 saturated heterocycles. The number of anilines is 2. The first-order chi connectivity index (χ1) is 12.8. The molecule has 0 atom stereocenters. The highest BCUT2D eigenvalue weighted by atomic mass is 79.9. The first-order valence-electron chi connectivity index (χ1n) is 7.88. The van der Waals surface area contributed by atoms with Crippen LogP contribution in [0.25, 0.3) is 0 Å². The van der Waals surface area contributed by atoms with E-state index in [4.69, 9.17) is 4.52 Å². The third-order valence-corrected chi connectivity index (χ3v) is 6.10. The minimum Gasteiger partial charge on any atom is -0.361 e. The van der Waals surface area contributed by atoms with Gasteiger partial charge >= 0.3 is 0 Å². The second kappa shape index (κ2) is 7.53. The molecule has 1 amide bonds. The molecule has 0 saturated carbocycles. The maximum absolute atomic E-state index is 12.6. The van der Waals surface area contributed by atoms with Gasteiger partial charge in [-0.1, -0.05) is 17.3 Å². The normalized spacial score (nSPS) is 11.2. The van der Waals surface area contributed by atoms with Gasteiger partial charge in [0.1, 0.15) is 16.2 Å². The number of hydrogen-bond acceptors (Lipinski definition) is 5. The van der Waals surface area contributed by atoms with Gasteiger partial charge in [-0.3, -0.25) is 9.52 Å². The van der Waals surface area contributed by atoms with Gasteiger partial charge in [-0.15, -0.1) is 0 Å². The number of sulfonamides is 1. The number of nitrogens with zero attached hydrogens (tertiary/aromatic N) is 1. The van der Waals surface area contributed by atoms with Crippen LogP contribution in [0.5, 0.6) is 0 Å². The Hall–Kier alpha value is -2.65. The number of halogens is 1. The highest BCUT2D eigenvalue weighted by molar-refractivity contribution is 9.10. The Morgan fingerprint density at radius 2 is 1.85 bits per heavy atom. The van der Waals surface area contributed by atoms with Gasteiger partial charge in [-0.2, -0.15) is 0 Å². The number of hydrogen-bond donors (Lipinski definition) is 2. The van der Waals surface area contributed by atoms with E-state index < -0.39 is 15.9 Å². The molecule has 0 unspecified atom stereocenters. The van der Waals surface area contributed by atoms with E-state index in [2.05, 4.69) is 31.1 Å². The summed E-state index contributed by atoms with van der Waals surface area (Å²) in [5.74, 6) is 0.00335. The molecule has 0 aliphatic carbocycles. The fourth-order valence-corrected chi connectivity index (χ4v) is 4.65. The minimum absolute atomic E-state index is 0.127. The van der Waals surface area contributed by atoms with Crippen molar-refractivity contribution in [3.8, 4) is 0 Å². The monoisotopic (exact) mass is 449 g/mol. The highest BCUT2D eigenvalue weighted by Gasteiger charge is 2.18. The van der Waals surface area contributed by atoms with Crippen LogP contribution in [0.4, 0.5) is 11.4 Å². The van der Waals surface area contributed by atoms with E-state index in [1.807, 2.05) is 6.92 Å². The maximum Gasteiger partial charge on any atom is 0.263 e. The Morgan fingerprint density at radius 3 is 2.52 bits per heavy atom.